The summed E-state index contributed by atoms with van der Waals surface area (Å²) >= 11 is 0. The summed E-state index contributed by atoms with van der Waals surface area (Å²) in [7, 11) is -3.87. The van der Waals surface area contributed by atoms with Gasteiger partial charge in [-0.15, -0.1) is 0 Å². The Bertz CT molecular complexity index is 890. The van der Waals surface area contributed by atoms with Crippen molar-refractivity contribution in [1.82, 2.24) is 5.32 Å². The maximum Gasteiger partial charge on any atom is 0.261 e. The predicted molar refractivity (Wildman–Crippen MR) is 103 cm³/mol. The van der Waals surface area contributed by atoms with E-state index in [9.17, 15) is 17.6 Å². The molecule has 0 spiro atoms. The van der Waals surface area contributed by atoms with Crippen LogP contribution in [0.5, 0.6) is 0 Å². The Hall–Kier alpha value is -2.41. The predicted octanol–water partition coefficient (Wildman–Crippen LogP) is 4.08. The molecule has 0 aliphatic heterocycles. The molecule has 1 fully saturated rings. The maximum absolute atomic E-state index is 13.0. The lowest BCUT2D eigenvalue weighted by Crippen LogP contribution is -2.34. The lowest BCUT2D eigenvalue weighted by molar-refractivity contribution is 0.0933. The standard InChI is InChI=1S/C20H23FN2O3S/c21-16-10-12-18(13-11-16)23-27(25,26)19-9-5-6-15(14-19)20(24)22-17-7-3-1-2-4-8-17/h5-6,9-14,17,23H,1-4,7-8H2,(H,22,24). The van der Waals surface area contributed by atoms with Crippen molar-refractivity contribution < 1.29 is 17.6 Å². The first-order chi connectivity index (χ1) is 12.9. The van der Waals surface area contributed by atoms with Crippen LogP contribution in [0.2, 0.25) is 0 Å². The number of halogens is 1. The van der Waals surface area contributed by atoms with Crippen LogP contribution in [0.1, 0.15) is 48.9 Å². The van der Waals surface area contributed by atoms with Gasteiger partial charge in [-0.1, -0.05) is 31.7 Å². The quantitative estimate of drug-likeness (QED) is 0.756. The maximum atomic E-state index is 13.0. The zero-order valence-electron chi connectivity index (χ0n) is 14.9. The molecule has 1 amide bonds. The second kappa shape index (κ2) is 8.52. The summed E-state index contributed by atoms with van der Waals surface area (Å²) in [5.74, 6) is -0.712. The van der Waals surface area contributed by atoms with Crippen LogP contribution in [-0.2, 0) is 10.0 Å². The SMILES string of the molecule is O=C(NC1CCCCCC1)c1cccc(S(=O)(=O)Nc2ccc(F)cc2)c1. The Kier molecular flexibility index (Phi) is 6.11. The normalized spacial score (nSPS) is 15.7. The third-order valence-corrected chi connectivity index (χ3v) is 6.07. The largest absolute Gasteiger partial charge is 0.349 e. The summed E-state index contributed by atoms with van der Waals surface area (Å²) in [5.41, 5.74) is 0.561. The van der Waals surface area contributed by atoms with Crippen molar-refractivity contribution in [3.05, 3.63) is 59.9 Å². The molecule has 27 heavy (non-hydrogen) atoms. The smallest absolute Gasteiger partial charge is 0.261 e. The second-order valence-corrected chi connectivity index (χ2v) is 8.48. The van der Waals surface area contributed by atoms with Gasteiger partial charge in [-0.05, 0) is 55.3 Å². The number of anilines is 1. The molecule has 1 saturated carbocycles. The summed E-state index contributed by atoms with van der Waals surface area (Å²) in [6, 6.07) is 11.1. The minimum absolute atomic E-state index is 0.0136. The van der Waals surface area contributed by atoms with E-state index in [0.717, 1.165) is 25.7 Å². The Morgan fingerprint density at radius 3 is 2.30 bits per heavy atom. The van der Waals surface area contributed by atoms with E-state index in [1.165, 1.54) is 49.2 Å². The van der Waals surface area contributed by atoms with Gasteiger partial charge in [0.1, 0.15) is 5.82 Å². The molecule has 5 nitrogen and oxygen atoms in total. The van der Waals surface area contributed by atoms with Gasteiger partial charge in [0.2, 0.25) is 0 Å². The van der Waals surface area contributed by atoms with Gasteiger partial charge in [0.15, 0.2) is 0 Å². The average Bonchev–Trinajstić information content (AvgIpc) is 2.92. The number of hydrogen-bond acceptors (Lipinski definition) is 3. The van der Waals surface area contributed by atoms with Crippen LogP contribution in [-0.4, -0.2) is 20.4 Å². The van der Waals surface area contributed by atoms with Gasteiger partial charge in [0, 0.05) is 17.3 Å². The van der Waals surface area contributed by atoms with E-state index >= 15 is 0 Å². The number of carbonyl (C=O) groups excluding carboxylic acids is 1. The highest BCUT2D eigenvalue weighted by atomic mass is 32.2. The third-order valence-electron chi connectivity index (χ3n) is 4.69. The summed E-state index contributed by atoms with van der Waals surface area (Å²) in [5, 5.41) is 3.01. The molecule has 0 saturated heterocycles. The van der Waals surface area contributed by atoms with E-state index in [1.807, 2.05) is 0 Å². The topological polar surface area (TPSA) is 75.3 Å². The molecular weight excluding hydrogens is 367 g/mol. The van der Waals surface area contributed by atoms with Crippen molar-refractivity contribution in [1.29, 1.82) is 0 Å². The van der Waals surface area contributed by atoms with Crippen molar-refractivity contribution in [2.75, 3.05) is 4.72 Å². The minimum atomic E-state index is -3.87. The number of amides is 1. The third kappa shape index (κ3) is 5.29. The molecule has 144 valence electrons. The van der Waals surface area contributed by atoms with E-state index in [-0.39, 0.29) is 22.5 Å². The Labute approximate surface area is 159 Å². The molecule has 0 heterocycles. The number of benzene rings is 2. The molecule has 0 unspecified atom stereocenters. The van der Waals surface area contributed by atoms with E-state index in [1.54, 1.807) is 12.1 Å². The fourth-order valence-electron chi connectivity index (χ4n) is 3.23. The first-order valence-corrected chi connectivity index (χ1v) is 10.6. The zero-order chi connectivity index (χ0) is 19.3. The number of nitrogens with one attached hydrogen (secondary N) is 2. The molecule has 1 aliphatic carbocycles. The van der Waals surface area contributed by atoms with Crippen molar-refractivity contribution in [3.63, 3.8) is 0 Å². The van der Waals surface area contributed by atoms with Crippen LogP contribution >= 0.6 is 0 Å². The minimum Gasteiger partial charge on any atom is -0.349 e. The number of rotatable bonds is 5. The van der Waals surface area contributed by atoms with Gasteiger partial charge in [-0.3, -0.25) is 9.52 Å². The summed E-state index contributed by atoms with van der Waals surface area (Å²) in [4.78, 5) is 12.5. The molecule has 0 aromatic heterocycles. The van der Waals surface area contributed by atoms with Crippen LogP contribution < -0.4 is 10.0 Å². The monoisotopic (exact) mass is 390 g/mol. The fourth-order valence-corrected chi connectivity index (χ4v) is 4.33. The summed E-state index contributed by atoms with van der Waals surface area (Å²) < 4.78 is 40.5. The molecule has 1 aliphatic rings. The van der Waals surface area contributed by atoms with E-state index < -0.39 is 15.8 Å². The first-order valence-electron chi connectivity index (χ1n) is 9.13. The molecule has 2 aromatic rings. The molecule has 0 bridgehead atoms. The highest BCUT2D eigenvalue weighted by molar-refractivity contribution is 7.92. The zero-order valence-corrected chi connectivity index (χ0v) is 15.8. The number of sulfonamides is 1. The average molecular weight is 390 g/mol. The fraction of sp³-hybridized carbons (Fsp3) is 0.350. The Morgan fingerprint density at radius 1 is 0.963 bits per heavy atom. The summed E-state index contributed by atoms with van der Waals surface area (Å²) in [6.45, 7) is 0. The number of hydrogen-bond donors (Lipinski definition) is 2. The molecule has 0 atom stereocenters. The molecule has 2 aromatic carbocycles. The van der Waals surface area contributed by atoms with Gasteiger partial charge in [-0.25, -0.2) is 12.8 Å². The molecule has 0 radical (unpaired) electrons. The Morgan fingerprint density at radius 2 is 1.63 bits per heavy atom. The molecular formula is C20H23FN2O3S. The Balaban J connectivity index is 1.73. The van der Waals surface area contributed by atoms with E-state index in [2.05, 4.69) is 10.0 Å². The van der Waals surface area contributed by atoms with E-state index in [4.69, 9.17) is 0 Å². The van der Waals surface area contributed by atoms with Gasteiger partial charge in [0.25, 0.3) is 15.9 Å². The highest BCUT2D eigenvalue weighted by Gasteiger charge is 2.19. The first kappa shape index (κ1) is 19.4. The van der Waals surface area contributed by atoms with Crippen LogP contribution in [0, 0.1) is 5.82 Å². The van der Waals surface area contributed by atoms with Crippen LogP contribution in [0.3, 0.4) is 0 Å². The van der Waals surface area contributed by atoms with Crippen molar-refractivity contribution in [3.8, 4) is 0 Å². The van der Waals surface area contributed by atoms with Crippen molar-refractivity contribution in [2.45, 2.75) is 49.5 Å². The van der Waals surface area contributed by atoms with E-state index in [0.29, 0.717) is 5.56 Å². The van der Waals surface area contributed by atoms with Crippen LogP contribution in [0.25, 0.3) is 0 Å². The van der Waals surface area contributed by atoms with Crippen LogP contribution in [0.4, 0.5) is 10.1 Å². The lowest BCUT2D eigenvalue weighted by atomic mass is 10.1. The molecule has 3 rings (SSSR count). The highest BCUT2D eigenvalue weighted by Crippen LogP contribution is 2.20. The molecule has 2 N–H and O–H groups in total. The number of carbonyl (C=O) groups is 1. The summed E-state index contributed by atoms with van der Waals surface area (Å²) in [6.07, 6.45) is 6.48. The van der Waals surface area contributed by atoms with Crippen LogP contribution in [0.15, 0.2) is 53.4 Å². The van der Waals surface area contributed by atoms with Gasteiger partial charge in [0.05, 0.1) is 4.90 Å². The van der Waals surface area contributed by atoms with Gasteiger partial charge < -0.3 is 5.32 Å². The lowest BCUT2D eigenvalue weighted by Gasteiger charge is -2.16. The van der Waals surface area contributed by atoms with Gasteiger partial charge in [-0.2, -0.15) is 0 Å². The van der Waals surface area contributed by atoms with Crippen molar-refractivity contribution in [2.24, 2.45) is 0 Å². The molecule has 7 heteroatoms. The van der Waals surface area contributed by atoms with Crippen molar-refractivity contribution >= 4 is 21.6 Å². The second-order valence-electron chi connectivity index (χ2n) is 6.80. The van der Waals surface area contributed by atoms with Gasteiger partial charge >= 0.3 is 0 Å².